The molecule has 1 aliphatic rings. The van der Waals surface area contributed by atoms with Crippen LogP contribution < -0.4 is 9.64 Å². The van der Waals surface area contributed by atoms with Gasteiger partial charge < -0.3 is 4.74 Å². The van der Waals surface area contributed by atoms with Crippen molar-refractivity contribution in [3.8, 4) is 11.5 Å². The first kappa shape index (κ1) is 13.8. The van der Waals surface area contributed by atoms with Crippen molar-refractivity contribution in [2.75, 3.05) is 4.90 Å². The van der Waals surface area contributed by atoms with E-state index in [9.17, 15) is 0 Å². The highest BCUT2D eigenvalue weighted by molar-refractivity contribution is 5.83. The van der Waals surface area contributed by atoms with Crippen molar-refractivity contribution in [2.24, 2.45) is 0 Å². The summed E-state index contributed by atoms with van der Waals surface area (Å²) in [4.78, 5) is 11.3. The van der Waals surface area contributed by atoms with Crippen LogP contribution in [0.2, 0.25) is 0 Å². The lowest BCUT2D eigenvalue weighted by atomic mass is 10.1. The predicted octanol–water partition coefficient (Wildman–Crippen LogP) is 4.98. The smallest absolute Gasteiger partial charge is 0.182 e. The predicted molar refractivity (Wildman–Crippen MR) is 91.0 cm³/mol. The Hall–Kier alpha value is -2.88. The first-order chi connectivity index (χ1) is 11.1. The van der Waals surface area contributed by atoms with Crippen molar-refractivity contribution >= 4 is 17.3 Å². The quantitative estimate of drug-likeness (QED) is 0.497. The van der Waals surface area contributed by atoms with E-state index in [1.54, 1.807) is 0 Å². The number of fused-ring (bicyclic) bond motifs is 2. The van der Waals surface area contributed by atoms with Gasteiger partial charge in [0.2, 0.25) is 0 Å². The minimum atomic E-state index is 0.758. The number of aromatic nitrogens is 2. The number of para-hydroxylation sites is 1. The normalized spacial score (nSPS) is 12.4. The van der Waals surface area contributed by atoms with Crippen molar-refractivity contribution < 1.29 is 4.74 Å². The van der Waals surface area contributed by atoms with Gasteiger partial charge in [-0.05, 0) is 55.7 Å². The first-order valence-corrected chi connectivity index (χ1v) is 7.60. The Balaban J connectivity index is 2.00. The standard InChI is InChI=1S/C19H17N3O/c1-12-8-16-18(20-10-12)22(15-7-5-4-6-14(15)3)19-17(23-16)9-13(2)11-21-19/h4-11H,1-3H3. The van der Waals surface area contributed by atoms with Gasteiger partial charge in [-0.15, -0.1) is 0 Å². The summed E-state index contributed by atoms with van der Waals surface area (Å²) in [6.45, 7) is 6.12. The maximum Gasteiger partial charge on any atom is 0.182 e. The van der Waals surface area contributed by atoms with Gasteiger partial charge in [-0.3, -0.25) is 4.90 Å². The van der Waals surface area contributed by atoms with E-state index >= 15 is 0 Å². The van der Waals surface area contributed by atoms with Crippen LogP contribution in [0.3, 0.4) is 0 Å². The van der Waals surface area contributed by atoms with Crippen molar-refractivity contribution in [1.29, 1.82) is 0 Å². The molecule has 1 aromatic carbocycles. The summed E-state index contributed by atoms with van der Waals surface area (Å²) in [5.41, 5.74) is 4.36. The summed E-state index contributed by atoms with van der Waals surface area (Å²) in [6.07, 6.45) is 3.71. The number of aryl methyl sites for hydroxylation is 3. The third-order valence-electron chi connectivity index (χ3n) is 3.94. The molecule has 0 unspecified atom stereocenters. The lowest BCUT2D eigenvalue weighted by Crippen LogP contribution is -2.19. The van der Waals surface area contributed by atoms with Crippen LogP contribution >= 0.6 is 0 Å². The summed E-state index contributed by atoms with van der Waals surface area (Å²) >= 11 is 0. The number of anilines is 3. The molecule has 0 aliphatic carbocycles. The van der Waals surface area contributed by atoms with Crippen LogP contribution in [-0.4, -0.2) is 9.97 Å². The van der Waals surface area contributed by atoms with Crippen molar-refractivity contribution in [3.05, 3.63) is 65.5 Å². The fraction of sp³-hybridized carbons (Fsp3) is 0.158. The average molecular weight is 303 g/mol. The Kier molecular flexibility index (Phi) is 3.05. The van der Waals surface area contributed by atoms with Gasteiger partial charge in [0.25, 0.3) is 0 Å². The van der Waals surface area contributed by atoms with Crippen LogP contribution in [0.1, 0.15) is 16.7 Å². The number of ether oxygens (including phenoxy) is 1. The molecule has 4 nitrogen and oxygen atoms in total. The lowest BCUT2D eigenvalue weighted by molar-refractivity contribution is 0.470. The highest BCUT2D eigenvalue weighted by Crippen LogP contribution is 2.49. The van der Waals surface area contributed by atoms with Gasteiger partial charge in [0.05, 0.1) is 5.69 Å². The Labute approximate surface area is 135 Å². The SMILES string of the molecule is Cc1cnc2c(c1)Oc1cc(C)cnc1N2c1ccccc1C. The molecule has 0 radical (unpaired) electrons. The molecule has 3 aromatic rings. The molecule has 0 saturated heterocycles. The number of rotatable bonds is 1. The van der Waals surface area contributed by atoms with E-state index in [1.165, 1.54) is 0 Å². The Morgan fingerprint density at radius 3 is 1.96 bits per heavy atom. The van der Waals surface area contributed by atoms with E-state index in [-0.39, 0.29) is 0 Å². The largest absolute Gasteiger partial charge is 0.449 e. The highest BCUT2D eigenvalue weighted by Gasteiger charge is 2.29. The van der Waals surface area contributed by atoms with Crippen LogP contribution in [0.15, 0.2) is 48.8 Å². The minimum absolute atomic E-state index is 0.758. The second-order valence-electron chi connectivity index (χ2n) is 5.89. The van der Waals surface area contributed by atoms with Crippen LogP contribution in [-0.2, 0) is 0 Å². The zero-order valence-corrected chi connectivity index (χ0v) is 13.4. The van der Waals surface area contributed by atoms with Crippen LogP contribution in [0.4, 0.5) is 17.3 Å². The van der Waals surface area contributed by atoms with Crippen molar-refractivity contribution in [1.82, 2.24) is 9.97 Å². The Morgan fingerprint density at radius 2 is 1.39 bits per heavy atom. The number of nitrogens with zero attached hydrogens (tertiary/aromatic N) is 3. The van der Waals surface area contributed by atoms with Crippen molar-refractivity contribution in [2.45, 2.75) is 20.8 Å². The molecule has 0 bridgehead atoms. The fourth-order valence-electron chi connectivity index (χ4n) is 2.82. The monoisotopic (exact) mass is 303 g/mol. The minimum Gasteiger partial charge on any atom is -0.449 e. The molecule has 0 fully saturated rings. The van der Waals surface area contributed by atoms with Crippen LogP contribution in [0.25, 0.3) is 0 Å². The number of hydrogen-bond acceptors (Lipinski definition) is 4. The first-order valence-electron chi connectivity index (χ1n) is 7.60. The number of hydrogen-bond donors (Lipinski definition) is 0. The average Bonchev–Trinajstić information content (AvgIpc) is 2.53. The van der Waals surface area contributed by atoms with Gasteiger partial charge in [-0.2, -0.15) is 0 Å². The molecule has 0 N–H and O–H groups in total. The Morgan fingerprint density at radius 1 is 0.826 bits per heavy atom. The molecule has 0 atom stereocenters. The number of benzene rings is 1. The maximum absolute atomic E-state index is 6.06. The van der Waals surface area contributed by atoms with E-state index in [1.807, 2.05) is 50.5 Å². The van der Waals surface area contributed by atoms with E-state index in [2.05, 4.69) is 33.9 Å². The molecule has 114 valence electrons. The van der Waals surface area contributed by atoms with E-state index in [4.69, 9.17) is 4.74 Å². The molecule has 0 saturated carbocycles. The third-order valence-corrected chi connectivity index (χ3v) is 3.94. The summed E-state index contributed by atoms with van der Waals surface area (Å²) in [5, 5.41) is 0. The van der Waals surface area contributed by atoms with Gasteiger partial charge in [-0.25, -0.2) is 9.97 Å². The summed E-state index contributed by atoms with van der Waals surface area (Å²) < 4.78 is 6.06. The molecule has 4 rings (SSSR count). The Bertz CT molecular complexity index is 853. The molecule has 1 aliphatic heterocycles. The third kappa shape index (κ3) is 2.23. The second-order valence-corrected chi connectivity index (χ2v) is 5.89. The van der Waals surface area contributed by atoms with Gasteiger partial charge in [0, 0.05) is 12.4 Å². The molecule has 3 heterocycles. The molecule has 0 amide bonds. The topological polar surface area (TPSA) is 38.3 Å². The zero-order valence-electron chi connectivity index (χ0n) is 13.4. The van der Waals surface area contributed by atoms with E-state index in [0.717, 1.165) is 45.5 Å². The molecule has 2 aromatic heterocycles. The lowest BCUT2D eigenvalue weighted by Gasteiger charge is -2.31. The van der Waals surface area contributed by atoms with Crippen LogP contribution in [0.5, 0.6) is 11.5 Å². The molecule has 0 spiro atoms. The summed E-state index contributed by atoms with van der Waals surface area (Å²) in [6, 6.07) is 12.3. The van der Waals surface area contributed by atoms with Gasteiger partial charge in [-0.1, -0.05) is 18.2 Å². The fourth-order valence-corrected chi connectivity index (χ4v) is 2.82. The highest BCUT2D eigenvalue weighted by atomic mass is 16.5. The van der Waals surface area contributed by atoms with Gasteiger partial charge in [0.1, 0.15) is 0 Å². The second kappa shape index (κ2) is 5.09. The maximum atomic E-state index is 6.06. The molecular weight excluding hydrogens is 286 g/mol. The number of pyridine rings is 2. The zero-order chi connectivity index (χ0) is 16.0. The summed E-state index contributed by atoms with van der Waals surface area (Å²) in [7, 11) is 0. The molecular formula is C19H17N3O. The molecule has 23 heavy (non-hydrogen) atoms. The van der Waals surface area contributed by atoms with Crippen LogP contribution in [0, 0.1) is 20.8 Å². The van der Waals surface area contributed by atoms with Gasteiger partial charge >= 0.3 is 0 Å². The van der Waals surface area contributed by atoms with Crippen molar-refractivity contribution in [3.63, 3.8) is 0 Å². The van der Waals surface area contributed by atoms with E-state index in [0.29, 0.717) is 0 Å². The van der Waals surface area contributed by atoms with Gasteiger partial charge in [0.15, 0.2) is 23.1 Å². The summed E-state index contributed by atoms with van der Waals surface area (Å²) in [5.74, 6) is 3.06. The molecule has 4 heteroatoms. The van der Waals surface area contributed by atoms with E-state index < -0.39 is 0 Å².